The van der Waals surface area contributed by atoms with Gasteiger partial charge < -0.3 is 4.74 Å². The van der Waals surface area contributed by atoms with Crippen molar-refractivity contribution in [1.82, 2.24) is 14.6 Å². The van der Waals surface area contributed by atoms with Crippen LogP contribution >= 0.6 is 11.3 Å². The first kappa shape index (κ1) is 15.5. The number of methoxy groups -OCH3 is 1. The summed E-state index contributed by atoms with van der Waals surface area (Å²) in [7, 11) is 1.59. The first-order valence-electron chi connectivity index (χ1n) is 7.46. The van der Waals surface area contributed by atoms with Crippen molar-refractivity contribution in [3.63, 3.8) is 0 Å². The average Bonchev–Trinajstić information content (AvgIpc) is 3.17. The zero-order chi connectivity index (χ0) is 17.4. The molecule has 0 amide bonds. The van der Waals surface area contributed by atoms with Gasteiger partial charge in [0.25, 0.3) is 5.56 Å². The lowest BCUT2D eigenvalue weighted by atomic mass is 10.2. The Labute approximate surface area is 145 Å². The Bertz CT molecular complexity index is 1170. The van der Waals surface area contributed by atoms with Crippen molar-refractivity contribution in [2.45, 2.75) is 0 Å². The Hall–Kier alpha value is -3.06. The van der Waals surface area contributed by atoms with Crippen molar-refractivity contribution in [1.29, 1.82) is 0 Å². The highest BCUT2D eigenvalue weighted by Gasteiger charge is 2.12. The summed E-state index contributed by atoms with van der Waals surface area (Å²) in [5.41, 5.74) is 0.839. The monoisotopic (exact) mass is 353 g/mol. The van der Waals surface area contributed by atoms with Crippen LogP contribution in [0.15, 0.2) is 53.3 Å². The van der Waals surface area contributed by atoms with Gasteiger partial charge in [0, 0.05) is 11.1 Å². The minimum absolute atomic E-state index is 0.310. The van der Waals surface area contributed by atoms with Crippen LogP contribution in [0.25, 0.3) is 22.4 Å². The van der Waals surface area contributed by atoms with Gasteiger partial charge in [0.2, 0.25) is 4.96 Å². The molecule has 4 rings (SSSR count). The highest BCUT2D eigenvalue weighted by Crippen LogP contribution is 2.20. The summed E-state index contributed by atoms with van der Waals surface area (Å²) in [5.74, 6) is 0.819. The van der Waals surface area contributed by atoms with E-state index in [0.717, 1.165) is 11.3 Å². The lowest BCUT2D eigenvalue weighted by Gasteiger charge is -1.99. The van der Waals surface area contributed by atoms with E-state index < -0.39 is 0 Å². The maximum atomic E-state index is 13.8. The molecule has 0 saturated carbocycles. The molecule has 0 aliphatic heterocycles. The zero-order valence-corrected chi connectivity index (χ0v) is 14.0. The lowest BCUT2D eigenvalue weighted by molar-refractivity contribution is 0.415. The minimum atomic E-state index is -0.375. The highest BCUT2D eigenvalue weighted by molar-refractivity contribution is 7.15. The van der Waals surface area contributed by atoms with Crippen LogP contribution in [0.4, 0.5) is 4.39 Å². The highest BCUT2D eigenvalue weighted by atomic mass is 32.1. The molecule has 0 bridgehead atoms. The number of halogens is 1. The van der Waals surface area contributed by atoms with Crippen molar-refractivity contribution in [2.75, 3.05) is 7.11 Å². The summed E-state index contributed by atoms with van der Waals surface area (Å²) >= 11 is 1.18. The molecule has 0 radical (unpaired) electrons. The van der Waals surface area contributed by atoms with Crippen LogP contribution in [-0.4, -0.2) is 21.7 Å². The van der Waals surface area contributed by atoms with Crippen molar-refractivity contribution in [2.24, 2.45) is 0 Å². The second-order valence-electron chi connectivity index (χ2n) is 5.30. The predicted molar refractivity (Wildman–Crippen MR) is 94.3 cm³/mol. The predicted octanol–water partition coefficient (Wildman–Crippen LogP) is 2.51. The average molecular weight is 353 g/mol. The van der Waals surface area contributed by atoms with E-state index in [-0.39, 0.29) is 11.4 Å². The van der Waals surface area contributed by atoms with Gasteiger partial charge in [0.1, 0.15) is 11.6 Å². The van der Waals surface area contributed by atoms with Crippen LogP contribution in [0, 0.1) is 5.82 Å². The number of hydrogen-bond acceptors (Lipinski definition) is 5. The number of benzene rings is 2. The number of aromatic nitrogens is 3. The van der Waals surface area contributed by atoms with Gasteiger partial charge in [-0.3, -0.25) is 4.79 Å². The van der Waals surface area contributed by atoms with Crippen molar-refractivity contribution in [3.05, 3.63) is 74.8 Å². The van der Waals surface area contributed by atoms with Gasteiger partial charge >= 0.3 is 0 Å². The number of ether oxygens (including phenoxy) is 1. The SMILES string of the molecule is COc1ccc(-c2nc3s/c(=C/c4ccccc4F)c(=O)n3n2)cc1. The van der Waals surface area contributed by atoms with E-state index in [2.05, 4.69) is 10.1 Å². The molecular formula is C18H12FN3O2S. The third kappa shape index (κ3) is 2.78. The molecule has 0 unspecified atom stereocenters. The van der Waals surface area contributed by atoms with E-state index in [1.807, 2.05) is 12.1 Å². The van der Waals surface area contributed by atoms with Crippen LogP contribution in [0.1, 0.15) is 5.56 Å². The molecule has 2 aromatic heterocycles. The van der Waals surface area contributed by atoms with E-state index in [4.69, 9.17) is 4.74 Å². The first-order chi connectivity index (χ1) is 12.2. The van der Waals surface area contributed by atoms with E-state index >= 15 is 0 Å². The van der Waals surface area contributed by atoms with Gasteiger partial charge in [-0.1, -0.05) is 29.5 Å². The normalized spacial score (nSPS) is 12.0. The molecule has 0 spiro atoms. The maximum absolute atomic E-state index is 13.8. The summed E-state index contributed by atoms with van der Waals surface area (Å²) < 4.78 is 20.5. The summed E-state index contributed by atoms with van der Waals surface area (Å²) in [6, 6.07) is 13.6. The summed E-state index contributed by atoms with van der Waals surface area (Å²) in [6.07, 6.45) is 1.52. The van der Waals surface area contributed by atoms with Gasteiger partial charge in [0.15, 0.2) is 5.82 Å². The Balaban J connectivity index is 1.79. The quantitative estimate of drug-likeness (QED) is 0.568. The molecule has 124 valence electrons. The molecule has 2 heterocycles. The topological polar surface area (TPSA) is 56.5 Å². The summed E-state index contributed by atoms with van der Waals surface area (Å²) in [4.78, 5) is 17.4. The zero-order valence-electron chi connectivity index (χ0n) is 13.1. The molecule has 0 N–H and O–H groups in total. The molecular weight excluding hydrogens is 341 g/mol. The van der Waals surface area contributed by atoms with Gasteiger partial charge in [0.05, 0.1) is 11.6 Å². The molecule has 0 atom stereocenters. The van der Waals surface area contributed by atoms with E-state index in [1.54, 1.807) is 37.4 Å². The molecule has 2 aromatic carbocycles. The lowest BCUT2D eigenvalue weighted by Crippen LogP contribution is -2.23. The fraction of sp³-hybridized carbons (Fsp3) is 0.0556. The third-order valence-electron chi connectivity index (χ3n) is 3.72. The molecule has 4 aromatic rings. The molecule has 0 aliphatic rings. The second kappa shape index (κ2) is 6.10. The first-order valence-corrected chi connectivity index (χ1v) is 8.27. The van der Waals surface area contributed by atoms with Crippen LogP contribution in [0.2, 0.25) is 0 Å². The van der Waals surface area contributed by atoms with Gasteiger partial charge in [-0.05, 0) is 36.4 Å². The molecule has 5 nitrogen and oxygen atoms in total. The number of rotatable bonds is 3. The number of thiazole rings is 1. The third-order valence-corrected chi connectivity index (χ3v) is 4.68. The summed E-state index contributed by atoms with van der Waals surface area (Å²) in [6.45, 7) is 0. The Morgan fingerprint density at radius 2 is 1.92 bits per heavy atom. The molecule has 0 fully saturated rings. The standard InChI is InChI=1S/C18H12FN3O2S/c1-24-13-8-6-11(7-9-13)16-20-18-22(21-16)17(23)15(25-18)10-12-4-2-3-5-14(12)19/h2-10H,1H3/b15-10+. The molecule has 7 heteroatoms. The second-order valence-corrected chi connectivity index (χ2v) is 6.30. The van der Waals surface area contributed by atoms with Crippen molar-refractivity contribution >= 4 is 22.4 Å². The van der Waals surface area contributed by atoms with Gasteiger partial charge in [-0.2, -0.15) is 9.50 Å². The van der Waals surface area contributed by atoms with Crippen molar-refractivity contribution in [3.8, 4) is 17.1 Å². The number of hydrogen-bond donors (Lipinski definition) is 0. The molecule has 25 heavy (non-hydrogen) atoms. The van der Waals surface area contributed by atoms with Crippen molar-refractivity contribution < 1.29 is 9.13 Å². The van der Waals surface area contributed by atoms with Gasteiger partial charge in [-0.15, -0.1) is 5.10 Å². The molecule has 0 aliphatic carbocycles. The number of nitrogens with zero attached hydrogens (tertiary/aromatic N) is 3. The van der Waals surface area contributed by atoms with E-state index in [0.29, 0.717) is 20.9 Å². The summed E-state index contributed by atoms with van der Waals surface area (Å²) in [5, 5.41) is 4.27. The Kier molecular flexibility index (Phi) is 3.77. The van der Waals surface area contributed by atoms with Crippen LogP contribution in [0.5, 0.6) is 5.75 Å². The van der Waals surface area contributed by atoms with Crippen LogP contribution < -0.4 is 14.8 Å². The smallest absolute Gasteiger partial charge is 0.291 e. The van der Waals surface area contributed by atoms with E-state index in [9.17, 15) is 9.18 Å². The van der Waals surface area contributed by atoms with Gasteiger partial charge in [-0.25, -0.2) is 4.39 Å². The fourth-order valence-electron chi connectivity index (χ4n) is 2.43. The largest absolute Gasteiger partial charge is 0.497 e. The maximum Gasteiger partial charge on any atom is 0.291 e. The van der Waals surface area contributed by atoms with Crippen LogP contribution in [0.3, 0.4) is 0 Å². The minimum Gasteiger partial charge on any atom is -0.497 e. The Morgan fingerprint density at radius 3 is 2.60 bits per heavy atom. The Morgan fingerprint density at radius 1 is 1.16 bits per heavy atom. The molecule has 0 saturated heterocycles. The van der Waals surface area contributed by atoms with Crippen LogP contribution in [-0.2, 0) is 0 Å². The number of fused-ring (bicyclic) bond motifs is 1. The fourth-order valence-corrected chi connectivity index (χ4v) is 3.33. The van der Waals surface area contributed by atoms with E-state index in [1.165, 1.54) is 28.0 Å².